The molecular formula is C14H14FN5. The second-order valence-electron chi connectivity index (χ2n) is 4.28. The summed E-state index contributed by atoms with van der Waals surface area (Å²) in [5, 5.41) is 11.5. The average Bonchev–Trinajstić information content (AvgIpc) is 2.41. The van der Waals surface area contributed by atoms with Gasteiger partial charge in [0.2, 0.25) is 0 Å². The number of benzene rings is 1. The first-order chi connectivity index (χ1) is 9.62. The molecule has 5 nitrogen and oxygen atoms in total. The van der Waals surface area contributed by atoms with Crippen molar-refractivity contribution in [2.75, 3.05) is 11.1 Å². The number of nitrogens with zero attached hydrogens (tertiary/aromatic N) is 3. The molecule has 20 heavy (non-hydrogen) atoms. The zero-order chi connectivity index (χ0) is 14.5. The number of halogens is 1. The first-order valence-corrected chi connectivity index (χ1v) is 6.22. The van der Waals surface area contributed by atoms with Gasteiger partial charge in [-0.15, -0.1) is 0 Å². The van der Waals surface area contributed by atoms with E-state index in [4.69, 9.17) is 11.0 Å². The number of rotatable bonds is 4. The average molecular weight is 271 g/mol. The Hall–Kier alpha value is -2.68. The lowest BCUT2D eigenvalue weighted by molar-refractivity contribution is 0.631. The van der Waals surface area contributed by atoms with Gasteiger partial charge in [-0.05, 0) is 24.6 Å². The molecule has 0 amide bonds. The molecule has 0 fully saturated rings. The van der Waals surface area contributed by atoms with Crippen molar-refractivity contribution >= 4 is 17.3 Å². The Labute approximate surface area is 116 Å². The van der Waals surface area contributed by atoms with E-state index < -0.39 is 5.82 Å². The molecule has 0 bridgehead atoms. The molecule has 0 aliphatic carbocycles. The van der Waals surface area contributed by atoms with Crippen LogP contribution in [0.5, 0.6) is 0 Å². The molecule has 2 rings (SSSR count). The number of aromatic nitrogens is 2. The van der Waals surface area contributed by atoms with Crippen molar-refractivity contribution in [1.82, 2.24) is 9.97 Å². The molecule has 0 spiro atoms. The van der Waals surface area contributed by atoms with Gasteiger partial charge in [0.1, 0.15) is 23.3 Å². The molecule has 102 valence electrons. The minimum atomic E-state index is -0.515. The third-order valence-corrected chi connectivity index (χ3v) is 2.63. The van der Waals surface area contributed by atoms with Crippen LogP contribution < -0.4 is 11.1 Å². The molecule has 0 saturated heterocycles. The van der Waals surface area contributed by atoms with Crippen LogP contribution in [0.25, 0.3) is 0 Å². The van der Waals surface area contributed by atoms with E-state index in [1.54, 1.807) is 0 Å². The van der Waals surface area contributed by atoms with Gasteiger partial charge in [-0.1, -0.05) is 6.92 Å². The number of hydrogen-bond acceptors (Lipinski definition) is 5. The molecule has 1 heterocycles. The van der Waals surface area contributed by atoms with Crippen LogP contribution in [0.2, 0.25) is 0 Å². The summed E-state index contributed by atoms with van der Waals surface area (Å²) < 4.78 is 13.8. The second kappa shape index (κ2) is 5.97. The number of nitrogen functional groups attached to an aromatic ring is 1. The van der Waals surface area contributed by atoms with Crippen LogP contribution in [-0.2, 0) is 6.42 Å². The van der Waals surface area contributed by atoms with Gasteiger partial charge in [-0.2, -0.15) is 5.26 Å². The van der Waals surface area contributed by atoms with E-state index in [0.29, 0.717) is 23.9 Å². The fraction of sp³-hybridized carbons (Fsp3) is 0.214. The lowest BCUT2D eigenvalue weighted by Crippen LogP contribution is -2.04. The molecule has 0 aliphatic heterocycles. The highest BCUT2D eigenvalue weighted by molar-refractivity contribution is 5.60. The minimum absolute atomic E-state index is 0.240. The van der Waals surface area contributed by atoms with Crippen LogP contribution in [0.1, 0.15) is 24.7 Å². The van der Waals surface area contributed by atoms with Crippen LogP contribution in [0.3, 0.4) is 0 Å². The summed E-state index contributed by atoms with van der Waals surface area (Å²) in [6, 6.07) is 7.61. The highest BCUT2D eigenvalue weighted by Crippen LogP contribution is 2.20. The number of anilines is 3. The minimum Gasteiger partial charge on any atom is -0.384 e. The molecule has 2 aromatic rings. The predicted octanol–water partition coefficient (Wildman–Crippen LogP) is 2.77. The Balaban J connectivity index is 2.28. The Kier molecular flexibility index (Phi) is 4.11. The first-order valence-electron chi connectivity index (χ1n) is 6.22. The smallest absolute Gasteiger partial charge is 0.147 e. The summed E-state index contributed by atoms with van der Waals surface area (Å²) in [5.74, 6) is 0.867. The summed E-state index contributed by atoms with van der Waals surface area (Å²) in [4.78, 5) is 8.37. The Morgan fingerprint density at radius 3 is 2.80 bits per heavy atom. The van der Waals surface area contributed by atoms with Crippen molar-refractivity contribution in [3.05, 3.63) is 41.5 Å². The van der Waals surface area contributed by atoms with E-state index in [2.05, 4.69) is 15.3 Å². The maximum Gasteiger partial charge on any atom is 0.147 e. The monoisotopic (exact) mass is 271 g/mol. The summed E-state index contributed by atoms with van der Waals surface area (Å²) in [5.41, 5.74) is 6.21. The molecule has 0 saturated carbocycles. The number of nitriles is 1. The van der Waals surface area contributed by atoms with E-state index in [9.17, 15) is 4.39 Å². The van der Waals surface area contributed by atoms with Crippen molar-refractivity contribution in [2.24, 2.45) is 0 Å². The molecule has 1 aromatic carbocycles. The van der Waals surface area contributed by atoms with Crippen molar-refractivity contribution in [3.63, 3.8) is 0 Å². The maximum absolute atomic E-state index is 13.8. The molecule has 3 N–H and O–H groups in total. The molecule has 0 atom stereocenters. The van der Waals surface area contributed by atoms with E-state index in [1.807, 2.05) is 13.0 Å². The summed E-state index contributed by atoms with van der Waals surface area (Å²) in [6.45, 7) is 2.01. The lowest BCUT2D eigenvalue weighted by atomic mass is 10.2. The van der Waals surface area contributed by atoms with E-state index in [-0.39, 0.29) is 11.3 Å². The highest BCUT2D eigenvalue weighted by atomic mass is 19.1. The van der Waals surface area contributed by atoms with E-state index in [0.717, 1.165) is 6.42 Å². The molecule has 6 heteroatoms. The van der Waals surface area contributed by atoms with Crippen molar-refractivity contribution in [2.45, 2.75) is 19.8 Å². The molecule has 0 unspecified atom stereocenters. The zero-order valence-corrected chi connectivity index (χ0v) is 11.0. The number of hydrogen-bond donors (Lipinski definition) is 2. The fourth-order valence-electron chi connectivity index (χ4n) is 1.74. The number of nitrogens with two attached hydrogens (primary N) is 1. The summed E-state index contributed by atoms with van der Waals surface area (Å²) in [6.07, 6.45) is 1.60. The van der Waals surface area contributed by atoms with Gasteiger partial charge in [0, 0.05) is 12.5 Å². The van der Waals surface area contributed by atoms with E-state index >= 15 is 0 Å². The van der Waals surface area contributed by atoms with E-state index in [1.165, 1.54) is 24.3 Å². The Morgan fingerprint density at radius 1 is 1.35 bits per heavy atom. The van der Waals surface area contributed by atoms with Crippen molar-refractivity contribution < 1.29 is 4.39 Å². The van der Waals surface area contributed by atoms with Gasteiger partial charge in [-0.3, -0.25) is 0 Å². The van der Waals surface area contributed by atoms with Crippen molar-refractivity contribution in [1.29, 1.82) is 5.26 Å². The largest absolute Gasteiger partial charge is 0.384 e. The normalized spacial score (nSPS) is 10.1. The number of nitrogens with one attached hydrogen (secondary N) is 1. The highest BCUT2D eigenvalue weighted by Gasteiger charge is 2.07. The third-order valence-electron chi connectivity index (χ3n) is 2.63. The number of aryl methyl sites for hydroxylation is 1. The first kappa shape index (κ1) is 13.7. The van der Waals surface area contributed by atoms with Crippen LogP contribution in [0.4, 0.5) is 21.7 Å². The van der Waals surface area contributed by atoms with Gasteiger partial charge in [0.25, 0.3) is 0 Å². The Bertz CT molecular complexity index is 663. The SMILES string of the molecule is CCCc1nc(N)cc(Nc2ccc(C#N)cc2F)n1. The lowest BCUT2D eigenvalue weighted by Gasteiger charge is -2.09. The van der Waals surface area contributed by atoms with Crippen LogP contribution in [-0.4, -0.2) is 9.97 Å². The van der Waals surface area contributed by atoms with Crippen LogP contribution >= 0.6 is 0 Å². The van der Waals surface area contributed by atoms with Gasteiger partial charge in [-0.25, -0.2) is 14.4 Å². The molecule has 1 aromatic heterocycles. The Morgan fingerprint density at radius 2 is 2.15 bits per heavy atom. The van der Waals surface area contributed by atoms with Gasteiger partial charge < -0.3 is 11.1 Å². The summed E-state index contributed by atoms with van der Waals surface area (Å²) in [7, 11) is 0. The maximum atomic E-state index is 13.8. The molecule has 0 aliphatic rings. The van der Waals surface area contributed by atoms with Crippen LogP contribution in [0.15, 0.2) is 24.3 Å². The van der Waals surface area contributed by atoms with Gasteiger partial charge >= 0.3 is 0 Å². The quantitative estimate of drug-likeness (QED) is 0.892. The standard InChI is InChI=1S/C14H14FN5/c1-2-3-13-19-12(17)7-14(20-13)18-11-5-4-9(8-16)6-10(11)15/h4-7H,2-3H2,1H3,(H3,17,18,19,20). The fourth-order valence-corrected chi connectivity index (χ4v) is 1.74. The van der Waals surface area contributed by atoms with Crippen LogP contribution in [0, 0.1) is 17.1 Å². The summed E-state index contributed by atoms with van der Waals surface area (Å²) >= 11 is 0. The molecular weight excluding hydrogens is 257 g/mol. The predicted molar refractivity (Wildman–Crippen MR) is 74.8 cm³/mol. The van der Waals surface area contributed by atoms with Crippen molar-refractivity contribution in [3.8, 4) is 6.07 Å². The molecule has 0 radical (unpaired) electrons. The van der Waals surface area contributed by atoms with Gasteiger partial charge in [0.15, 0.2) is 0 Å². The second-order valence-corrected chi connectivity index (χ2v) is 4.28. The zero-order valence-electron chi connectivity index (χ0n) is 11.0. The topological polar surface area (TPSA) is 87.6 Å². The van der Waals surface area contributed by atoms with Gasteiger partial charge in [0.05, 0.1) is 17.3 Å². The third kappa shape index (κ3) is 3.20.